The molecule has 4 rings (SSSR count). The van der Waals surface area contributed by atoms with Crippen molar-refractivity contribution in [2.45, 2.75) is 0 Å². The lowest BCUT2D eigenvalue weighted by atomic mass is 10.1. The average Bonchev–Trinajstić information content (AvgIpc) is 3.04. The fraction of sp³-hybridized carbons (Fsp3) is 0.0556. The van der Waals surface area contributed by atoms with Gasteiger partial charge in [0.2, 0.25) is 5.95 Å². The third-order valence-corrected chi connectivity index (χ3v) is 4.57. The molecule has 0 aliphatic rings. The van der Waals surface area contributed by atoms with Gasteiger partial charge in [0.25, 0.3) is 5.91 Å². The van der Waals surface area contributed by atoms with Crippen molar-refractivity contribution in [3.63, 3.8) is 0 Å². The van der Waals surface area contributed by atoms with Gasteiger partial charge in [-0.3, -0.25) is 14.5 Å². The maximum Gasteiger partial charge on any atom is 0.264 e. The van der Waals surface area contributed by atoms with Gasteiger partial charge in [0, 0.05) is 6.20 Å². The number of carbonyl (C=O) groups is 1. The van der Waals surface area contributed by atoms with Gasteiger partial charge in [-0.05, 0) is 44.9 Å². The minimum atomic E-state index is -0.307. The van der Waals surface area contributed by atoms with E-state index in [0.29, 0.717) is 17.3 Å². The van der Waals surface area contributed by atoms with E-state index in [4.69, 9.17) is 4.74 Å². The zero-order valence-electron chi connectivity index (χ0n) is 13.0. The molecule has 0 spiro atoms. The van der Waals surface area contributed by atoms with Gasteiger partial charge in [-0.2, -0.15) is 0 Å². The molecule has 0 bridgehead atoms. The lowest BCUT2D eigenvalue weighted by Gasteiger charge is -2.10. The second kappa shape index (κ2) is 6.52. The number of benzene rings is 2. The molecule has 0 saturated carbocycles. The Bertz CT molecular complexity index is 1080. The zero-order valence-corrected chi connectivity index (χ0v) is 14.6. The van der Waals surface area contributed by atoms with Crippen molar-refractivity contribution in [2.24, 2.45) is 0 Å². The number of halogens is 1. The minimum Gasteiger partial charge on any atom is -0.483 e. The van der Waals surface area contributed by atoms with Crippen molar-refractivity contribution in [1.82, 2.24) is 14.6 Å². The first-order chi connectivity index (χ1) is 12.2. The van der Waals surface area contributed by atoms with Crippen molar-refractivity contribution < 1.29 is 9.53 Å². The number of amides is 1. The predicted octanol–water partition coefficient (Wildman–Crippen LogP) is 3.66. The Labute approximate surface area is 151 Å². The molecule has 0 radical (unpaired) electrons. The summed E-state index contributed by atoms with van der Waals surface area (Å²) in [6, 6.07) is 17.3. The maximum atomic E-state index is 12.2. The van der Waals surface area contributed by atoms with Gasteiger partial charge in [0.15, 0.2) is 12.3 Å². The number of aromatic nitrogens is 3. The molecule has 2 aromatic heterocycles. The quantitative estimate of drug-likeness (QED) is 0.571. The first kappa shape index (κ1) is 15.6. The van der Waals surface area contributed by atoms with Crippen LogP contribution in [0, 0.1) is 0 Å². The van der Waals surface area contributed by atoms with Crippen molar-refractivity contribution in [3.8, 4) is 5.75 Å². The summed E-state index contributed by atoms with van der Waals surface area (Å²) in [5.41, 5.74) is 0.663. The molecule has 0 saturated heterocycles. The van der Waals surface area contributed by atoms with E-state index in [1.54, 1.807) is 10.6 Å². The number of ether oxygens (including phenoxy) is 1. The van der Waals surface area contributed by atoms with Crippen LogP contribution in [-0.4, -0.2) is 27.1 Å². The predicted molar refractivity (Wildman–Crippen MR) is 98.8 cm³/mol. The van der Waals surface area contributed by atoms with E-state index in [0.717, 1.165) is 15.2 Å². The van der Waals surface area contributed by atoms with Gasteiger partial charge >= 0.3 is 0 Å². The SMILES string of the molecule is O=C(COc1ccc2ccccc2c1Br)Nc1nnc2ccccn12. The molecule has 0 aliphatic heterocycles. The molecular weight excluding hydrogens is 384 g/mol. The monoisotopic (exact) mass is 396 g/mol. The second-order valence-electron chi connectivity index (χ2n) is 5.39. The Morgan fingerprint density at radius 3 is 2.84 bits per heavy atom. The van der Waals surface area contributed by atoms with Gasteiger partial charge in [0.05, 0.1) is 4.47 Å². The topological polar surface area (TPSA) is 68.5 Å². The third-order valence-electron chi connectivity index (χ3n) is 3.75. The summed E-state index contributed by atoms with van der Waals surface area (Å²) >= 11 is 3.54. The van der Waals surface area contributed by atoms with Crippen LogP contribution in [0.15, 0.2) is 65.3 Å². The van der Waals surface area contributed by atoms with Crippen LogP contribution >= 0.6 is 15.9 Å². The summed E-state index contributed by atoms with van der Waals surface area (Å²) < 4.78 is 8.17. The second-order valence-corrected chi connectivity index (χ2v) is 6.18. The van der Waals surface area contributed by atoms with Crippen LogP contribution in [-0.2, 0) is 4.79 Å². The number of hydrogen-bond donors (Lipinski definition) is 1. The summed E-state index contributed by atoms with van der Waals surface area (Å²) in [7, 11) is 0. The van der Waals surface area contributed by atoms with E-state index in [1.165, 1.54) is 0 Å². The number of nitrogens with zero attached hydrogens (tertiary/aromatic N) is 3. The largest absolute Gasteiger partial charge is 0.483 e. The normalized spacial score (nSPS) is 10.9. The molecule has 25 heavy (non-hydrogen) atoms. The molecule has 2 heterocycles. The molecule has 1 amide bonds. The van der Waals surface area contributed by atoms with Crippen LogP contribution in [0.25, 0.3) is 16.4 Å². The average molecular weight is 397 g/mol. The maximum absolute atomic E-state index is 12.2. The molecule has 0 aliphatic carbocycles. The molecule has 0 atom stereocenters. The zero-order chi connectivity index (χ0) is 17.2. The number of rotatable bonds is 4. The summed E-state index contributed by atoms with van der Waals surface area (Å²) in [4.78, 5) is 12.2. The van der Waals surface area contributed by atoms with E-state index in [2.05, 4.69) is 31.4 Å². The van der Waals surface area contributed by atoms with Crippen LogP contribution in [0.1, 0.15) is 0 Å². The molecule has 0 unspecified atom stereocenters. The molecule has 6 nitrogen and oxygen atoms in total. The van der Waals surface area contributed by atoms with E-state index >= 15 is 0 Å². The Morgan fingerprint density at radius 1 is 1.08 bits per heavy atom. The fourth-order valence-corrected chi connectivity index (χ4v) is 3.16. The number of pyridine rings is 1. The highest BCUT2D eigenvalue weighted by atomic mass is 79.9. The van der Waals surface area contributed by atoms with Crippen LogP contribution in [0.2, 0.25) is 0 Å². The standard InChI is InChI=1S/C18H13BrN4O2/c19-17-13-6-2-1-5-12(13)8-9-14(17)25-11-16(24)20-18-22-21-15-7-3-4-10-23(15)18/h1-10H,11H2,(H,20,22,24). The van der Waals surface area contributed by atoms with Crippen molar-refractivity contribution in [3.05, 3.63) is 65.3 Å². The van der Waals surface area contributed by atoms with Crippen molar-refractivity contribution in [2.75, 3.05) is 11.9 Å². The molecule has 124 valence electrons. The van der Waals surface area contributed by atoms with E-state index < -0.39 is 0 Å². The molecule has 2 aromatic carbocycles. The Morgan fingerprint density at radius 2 is 1.92 bits per heavy atom. The highest BCUT2D eigenvalue weighted by Crippen LogP contribution is 2.32. The number of nitrogens with one attached hydrogen (secondary N) is 1. The Balaban J connectivity index is 1.48. The van der Waals surface area contributed by atoms with Gasteiger partial charge in [-0.15, -0.1) is 10.2 Å². The molecule has 1 N–H and O–H groups in total. The van der Waals surface area contributed by atoms with Gasteiger partial charge in [0.1, 0.15) is 5.75 Å². The molecule has 0 fully saturated rings. The van der Waals surface area contributed by atoms with Crippen LogP contribution < -0.4 is 10.1 Å². The highest BCUT2D eigenvalue weighted by molar-refractivity contribution is 9.10. The van der Waals surface area contributed by atoms with E-state index in [1.807, 2.05) is 54.6 Å². The first-order valence-electron chi connectivity index (χ1n) is 7.62. The van der Waals surface area contributed by atoms with Crippen molar-refractivity contribution >= 4 is 44.2 Å². The number of carbonyl (C=O) groups excluding carboxylic acids is 1. The number of fused-ring (bicyclic) bond motifs is 2. The van der Waals surface area contributed by atoms with Crippen LogP contribution in [0.3, 0.4) is 0 Å². The third kappa shape index (κ3) is 3.06. The molecule has 4 aromatic rings. The number of anilines is 1. The van der Waals surface area contributed by atoms with E-state index in [-0.39, 0.29) is 12.5 Å². The molecule has 7 heteroatoms. The van der Waals surface area contributed by atoms with Gasteiger partial charge < -0.3 is 4.74 Å². The number of hydrogen-bond acceptors (Lipinski definition) is 4. The van der Waals surface area contributed by atoms with E-state index in [9.17, 15) is 4.79 Å². The lowest BCUT2D eigenvalue weighted by Crippen LogP contribution is -2.21. The smallest absolute Gasteiger partial charge is 0.264 e. The summed E-state index contributed by atoms with van der Waals surface area (Å²) in [6.45, 7) is -0.126. The molecular formula is C18H13BrN4O2. The van der Waals surface area contributed by atoms with Gasteiger partial charge in [-0.1, -0.05) is 36.4 Å². The summed E-state index contributed by atoms with van der Waals surface area (Å²) in [5, 5.41) is 12.8. The van der Waals surface area contributed by atoms with Crippen LogP contribution in [0.4, 0.5) is 5.95 Å². The highest BCUT2D eigenvalue weighted by Gasteiger charge is 2.11. The minimum absolute atomic E-state index is 0.126. The summed E-state index contributed by atoms with van der Waals surface area (Å²) in [5.74, 6) is 0.667. The summed E-state index contributed by atoms with van der Waals surface area (Å²) in [6.07, 6.45) is 1.78. The first-order valence-corrected chi connectivity index (χ1v) is 8.41. The van der Waals surface area contributed by atoms with Gasteiger partial charge in [-0.25, -0.2) is 0 Å². The Hall–Kier alpha value is -2.93. The lowest BCUT2D eigenvalue weighted by molar-refractivity contribution is -0.118. The fourth-order valence-electron chi connectivity index (χ4n) is 2.56. The van der Waals surface area contributed by atoms with Crippen molar-refractivity contribution in [1.29, 1.82) is 0 Å². The Kier molecular flexibility index (Phi) is 4.07. The van der Waals surface area contributed by atoms with Crippen LogP contribution in [0.5, 0.6) is 5.75 Å².